The van der Waals surface area contributed by atoms with Crippen LogP contribution in [0.25, 0.3) is 22.0 Å². The van der Waals surface area contributed by atoms with E-state index in [2.05, 4.69) is 51.1 Å². The first-order chi connectivity index (χ1) is 15.7. The number of rotatable bonds is 6. The fourth-order valence-electron chi connectivity index (χ4n) is 4.18. The average Bonchev–Trinajstić information content (AvgIpc) is 3.46. The van der Waals surface area contributed by atoms with Crippen molar-refractivity contribution in [3.05, 3.63) is 77.0 Å². The Morgan fingerprint density at radius 2 is 2.00 bits per heavy atom. The Kier molecular flexibility index (Phi) is 5.07. The van der Waals surface area contributed by atoms with E-state index in [1.165, 1.54) is 22.7 Å². The summed E-state index contributed by atoms with van der Waals surface area (Å²) in [7, 11) is 0. The second-order valence-corrected chi connectivity index (χ2v) is 7.60. The van der Waals surface area contributed by atoms with E-state index >= 15 is 0 Å². The van der Waals surface area contributed by atoms with Crippen molar-refractivity contribution in [2.45, 2.75) is 19.8 Å². The second kappa shape index (κ2) is 8.19. The molecule has 4 aromatic rings. The molecule has 0 unspecified atom stereocenters. The topological polar surface area (TPSA) is 99.6 Å². The number of benzene rings is 3. The highest BCUT2D eigenvalue weighted by Gasteiger charge is 2.18. The molecule has 0 atom stereocenters. The minimum Gasteiger partial charge on any atom is -0.504 e. The van der Waals surface area contributed by atoms with Gasteiger partial charge in [-0.2, -0.15) is 10.2 Å². The molecular weight excluding hydrogens is 404 g/mol. The number of hydrogen-bond donors (Lipinski definition) is 3. The Labute approximate surface area is 184 Å². The van der Waals surface area contributed by atoms with Crippen molar-refractivity contribution in [1.82, 2.24) is 15.6 Å². The van der Waals surface area contributed by atoms with Gasteiger partial charge in [0.1, 0.15) is 5.69 Å². The summed E-state index contributed by atoms with van der Waals surface area (Å²) in [6.07, 6.45) is 3.49. The van der Waals surface area contributed by atoms with Gasteiger partial charge >= 0.3 is 0 Å². The van der Waals surface area contributed by atoms with Gasteiger partial charge in [0.05, 0.1) is 18.5 Å². The summed E-state index contributed by atoms with van der Waals surface area (Å²) in [5, 5.41) is 23.8. The number of nitrogens with zero attached hydrogens (tertiary/aromatic N) is 2. The highest BCUT2D eigenvalue weighted by molar-refractivity contribution is 6.02. The van der Waals surface area contributed by atoms with Gasteiger partial charge in [0, 0.05) is 11.1 Å². The number of aromatic nitrogens is 2. The predicted molar refractivity (Wildman–Crippen MR) is 123 cm³/mol. The van der Waals surface area contributed by atoms with Crippen LogP contribution in [0.2, 0.25) is 0 Å². The number of aromatic hydroxyl groups is 1. The molecule has 0 saturated carbocycles. The zero-order chi connectivity index (χ0) is 22.1. The predicted octanol–water partition coefficient (Wildman–Crippen LogP) is 4.20. The van der Waals surface area contributed by atoms with Crippen LogP contribution in [0.3, 0.4) is 0 Å². The van der Waals surface area contributed by atoms with E-state index in [1.807, 2.05) is 6.92 Å². The third kappa shape index (κ3) is 3.47. The molecule has 0 spiro atoms. The van der Waals surface area contributed by atoms with Gasteiger partial charge in [0.25, 0.3) is 5.91 Å². The lowest BCUT2D eigenvalue weighted by Gasteiger charge is -2.07. The number of carbonyl (C=O) groups is 1. The summed E-state index contributed by atoms with van der Waals surface area (Å²) in [4.78, 5) is 12.5. The van der Waals surface area contributed by atoms with E-state index in [4.69, 9.17) is 4.74 Å². The van der Waals surface area contributed by atoms with Crippen molar-refractivity contribution in [2.24, 2.45) is 5.10 Å². The van der Waals surface area contributed by atoms with Crippen molar-refractivity contribution in [3.8, 4) is 22.8 Å². The van der Waals surface area contributed by atoms with Crippen LogP contribution in [0.1, 0.15) is 34.1 Å². The third-order valence-electron chi connectivity index (χ3n) is 5.68. The van der Waals surface area contributed by atoms with Crippen molar-refractivity contribution in [2.75, 3.05) is 6.61 Å². The fourth-order valence-corrected chi connectivity index (χ4v) is 4.18. The Balaban J connectivity index is 1.35. The number of phenolic OH excluding ortho intramolecular Hbond substituents is 1. The smallest absolute Gasteiger partial charge is 0.289 e. The molecule has 3 N–H and O–H groups in total. The van der Waals surface area contributed by atoms with Crippen LogP contribution < -0.4 is 10.2 Å². The quantitative estimate of drug-likeness (QED) is 0.318. The number of amides is 1. The summed E-state index contributed by atoms with van der Waals surface area (Å²) < 4.78 is 5.36. The minimum atomic E-state index is -0.425. The summed E-state index contributed by atoms with van der Waals surface area (Å²) in [6.45, 7) is 2.27. The summed E-state index contributed by atoms with van der Waals surface area (Å²) in [6, 6.07) is 17.4. The van der Waals surface area contributed by atoms with Crippen LogP contribution in [0.4, 0.5) is 0 Å². The molecule has 3 aromatic carbocycles. The maximum atomic E-state index is 12.5. The van der Waals surface area contributed by atoms with Crippen LogP contribution in [0.15, 0.2) is 59.7 Å². The van der Waals surface area contributed by atoms with Crippen LogP contribution in [-0.4, -0.2) is 34.0 Å². The first-order valence-corrected chi connectivity index (χ1v) is 10.5. The highest BCUT2D eigenvalue weighted by Crippen LogP contribution is 2.36. The molecular formula is C25H22N4O3. The molecule has 1 amide bonds. The van der Waals surface area contributed by atoms with Gasteiger partial charge in [-0.25, -0.2) is 5.43 Å². The number of carbonyl (C=O) groups excluding carboxylic acids is 1. The van der Waals surface area contributed by atoms with Crippen molar-refractivity contribution >= 4 is 22.9 Å². The number of nitrogens with one attached hydrogen (secondary N) is 2. The van der Waals surface area contributed by atoms with Gasteiger partial charge in [0.15, 0.2) is 11.5 Å². The molecule has 1 aromatic heterocycles. The molecule has 1 aliphatic rings. The number of aromatic amines is 1. The number of ether oxygens (including phenoxy) is 1. The second-order valence-electron chi connectivity index (χ2n) is 7.60. The molecule has 0 bridgehead atoms. The lowest BCUT2D eigenvalue weighted by Crippen LogP contribution is -2.18. The zero-order valence-electron chi connectivity index (χ0n) is 17.6. The number of para-hydroxylation sites is 1. The number of hydrogen-bond acceptors (Lipinski definition) is 5. The molecule has 1 heterocycles. The molecule has 7 heteroatoms. The van der Waals surface area contributed by atoms with Crippen molar-refractivity contribution < 1.29 is 14.6 Å². The molecule has 0 saturated heterocycles. The van der Waals surface area contributed by atoms with Gasteiger partial charge in [0.2, 0.25) is 0 Å². The lowest BCUT2D eigenvalue weighted by atomic mass is 9.98. The summed E-state index contributed by atoms with van der Waals surface area (Å²) in [5.41, 5.74) is 7.62. The number of H-pyrrole nitrogens is 1. The van der Waals surface area contributed by atoms with Crippen molar-refractivity contribution in [3.63, 3.8) is 0 Å². The largest absolute Gasteiger partial charge is 0.504 e. The molecule has 7 nitrogen and oxygen atoms in total. The van der Waals surface area contributed by atoms with Crippen molar-refractivity contribution in [1.29, 1.82) is 0 Å². The van der Waals surface area contributed by atoms with Crippen LogP contribution >= 0.6 is 0 Å². The van der Waals surface area contributed by atoms with Gasteiger partial charge < -0.3 is 9.84 Å². The average molecular weight is 426 g/mol. The molecule has 1 aliphatic carbocycles. The first kappa shape index (κ1) is 19.8. The van der Waals surface area contributed by atoms with E-state index in [9.17, 15) is 9.90 Å². The van der Waals surface area contributed by atoms with Crippen LogP contribution in [0, 0.1) is 0 Å². The summed E-state index contributed by atoms with van der Waals surface area (Å²) >= 11 is 0. The Hall–Kier alpha value is -4.13. The first-order valence-electron chi connectivity index (χ1n) is 10.5. The standard InChI is InChI=1S/C25H22N4O3/c1-2-32-22-8-4-6-17(24(22)30)14-26-29-25(31)21-13-20(27-28-21)18-12-11-16-10-9-15-5-3-7-19(18)23(15)16/h3-8,11-14,30H,2,9-10H2,1H3,(H,27,28)(H,29,31)/b26-14+. The lowest BCUT2D eigenvalue weighted by molar-refractivity contribution is 0.0950. The minimum absolute atomic E-state index is 0.0248. The van der Waals surface area contributed by atoms with E-state index < -0.39 is 5.91 Å². The van der Waals surface area contributed by atoms with E-state index in [-0.39, 0.29) is 5.75 Å². The number of aryl methyl sites for hydroxylation is 2. The van der Waals surface area contributed by atoms with Gasteiger partial charge in [-0.15, -0.1) is 0 Å². The van der Waals surface area contributed by atoms with E-state index in [1.54, 1.807) is 24.3 Å². The fraction of sp³-hybridized carbons (Fsp3) is 0.160. The van der Waals surface area contributed by atoms with E-state index in [0.717, 1.165) is 23.8 Å². The Bertz CT molecular complexity index is 1350. The maximum absolute atomic E-state index is 12.5. The SMILES string of the molecule is CCOc1cccc(/C=N/NC(=O)c2cc(-c3ccc4c5c(cccc35)CC4)n[nH]2)c1O. The molecule has 0 radical (unpaired) electrons. The maximum Gasteiger partial charge on any atom is 0.289 e. The number of hydrazone groups is 1. The highest BCUT2D eigenvalue weighted by atomic mass is 16.5. The zero-order valence-corrected chi connectivity index (χ0v) is 17.6. The molecule has 32 heavy (non-hydrogen) atoms. The third-order valence-corrected chi connectivity index (χ3v) is 5.68. The molecule has 0 aliphatic heterocycles. The van der Waals surface area contributed by atoms with Crippen LogP contribution in [-0.2, 0) is 12.8 Å². The normalized spacial score (nSPS) is 12.5. The van der Waals surface area contributed by atoms with E-state index in [0.29, 0.717) is 29.3 Å². The monoisotopic (exact) mass is 426 g/mol. The van der Waals surface area contributed by atoms with Crippen LogP contribution in [0.5, 0.6) is 11.5 Å². The Morgan fingerprint density at radius 3 is 2.84 bits per heavy atom. The molecule has 160 valence electrons. The molecule has 5 rings (SSSR count). The molecule has 0 fully saturated rings. The van der Waals surface area contributed by atoms with Gasteiger partial charge in [-0.1, -0.05) is 36.4 Å². The van der Waals surface area contributed by atoms with Gasteiger partial charge in [-0.3, -0.25) is 9.89 Å². The Morgan fingerprint density at radius 1 is 1.19 bits per heavy atom. The number of phenols is 1. The van der Waals surface area contributed by atoms with Gasteiger partial charge in [-0.05, 0) is 59.9 Å². The summed E-state index contributed by atoms with van der Waals surface area (Å²) in [5.74, 6) is -0.0824.